The molecule has 0 aliphatic carbocycles. The smallest absolute Gasteiger partial charge is 0.414 e. The van der Waals surface area contributed by atoms with E-state index in [1.807, 2.05) is 41.5 Å². The Labute approximate surface area is 188 Å². The van der Waals surface area contributed by atoms with Crippen LogP contribution in [0.1, 0.15) is 54.4 Å². The van der Waals surface area contributed by atoms with Crippen LogP contribution in [0.15, 0.2) is 0 Å². The van der Waals surface area contributed by atoms with Crippen LogP contribution in [0.3, 0.4) is 0 Å². The third-order valence-electron chi connectivity index (χ3n) is 3.75. The van der Waals surface area contributed by atoms with Crippen LogP contribution in [0, 0.1) is 0 Å². The highest BCUT2D eigenvalue weighted by atomic mass is 16.6. The third kappa shape index (κ3) is 17.1. The highest BCUT2D eigenvalue weighted by Gasteiger charge is 2.22. The maximum atomic E-state index is 11.3. The number of ether oxygens (including phenoxy) is 2. The molecule has 0 aromatic carbocycles. The van der Waals surface area contributed by atoms with Gasteiger partial charge in [-0.15, -0.1) is 0 Å². The van der Waals surface area contributed by atoms with Crippen LogP contribution in [-0.4, -0.2) is 83.8 Å². The van der Waals surface area contributed by atoms with E-state index in [0.29, 0.717) is 0 Å². The van der Waals surface area contributed by atoms with Gasteiger partial charge in [-0.25, -0.2) is 19.2 Å². The number of alkyl carbamates (subject to hydrolysis) is 2. The van der Waals surface area contributed by atoms with E-state index >= 15 is 0 Å². The zero-order valence-corrected chi connectivity index (χ0v) is 19.7. The molecule has 0 aromatic heterocycles. The van der Waals surface area contributed by atoms with E-state index in [-0.39, 0.29) is 24.3 Å². The summed E-state index contributed by atoms with van der Waals surface area (Å²) in [6.07, 6.45) is 1.33. The van der Waals surface area contributed by atoms with Crippen molar-refractivity contribution in [2.45, 2.75) is 77.7 Å². The van der Waals surface area contributed by atoms with Crippen LogP contribution in [0.25, 0.3) is 0 Å². The van der Waals surface area contributed by atoms with E-state index in [0.717, 1.165) is 39.0 Å². The number of carbonyl (C=O) groups is 4. The van der Waals surface area contributed by atoms with Gasteiger partial charge < -0.3 is 41.0 Å². The molecule has 0 unspecified atom stereocenters. The average molecular weight is 463 g/mol. The molecule has 12 heteroatoms. The first-order valence-electron chi connectivity index (χ1n) is 10.5. The summed E-state index contributed by atoms with van der Waals surface area (Å²) in [6.45, 7) is 14.8. The number of carboxylic acid groups (broad SMARTS) is 2. The van der Waals surface area contributed by atoms with E-state index in [1.54, 1.807) is 0 Å². The van der Waals surface area contributed by atoms with Crippen LogP contribution in [-0.2, 0) is 19.1 Å². The van der Waals surface area contributed by atoms with Crippen molar-refractivity contribution in [2.75, 3.05) is 26.2 Å². The fraction of sp³-hybridized carbons (Fsp3) is 0.800. The van der Waals surface area contributed by atoms with Crippen molar-refractivity contribution in [3.8, 4) is 0 Å². The van der Waals surface area contributed by atoms with Crippen LogP contribution >= 0.6 is 0 Å². The molecule has 0 aromatic rings. The minimum Gasteiger partial charge on any atom is -0.473 e. The first-order valence-corrected chi connectivity index (χ1v) is 10.5. The number of carboxylic acids is 2. The number of aliphatic carboxylic acids is 2. The van der Waals surface area contributed by atoms with Crippen molar-refractivity contribution in [3.63, 3.8) is 0 Å². The maximum absolute atomic E-state index is 11.3. The Morgan fingerprint density at radius 2 is 1.03 bits per heavy atom. The summed E-state index contributed by atoms with van der Waals surface area (Å²) in [4.78, 5) is 40.7. The molecule has 0 bridgehead atoms. The second-order valence-corrected chi connectivity index (χ2v) is 9.28. The van der Waals surface area contributed by atoms with Gasteiger partial charge in [0, 0.05) is 25.2 Å². The molecule has 2 saturated heterocycles. The fourth-order valence-electron chi connectivity index (χ4n) is 2.50. The average Bonchev–Trinajstić information content (AvgIpc) is 3.26. The number of carbonyl (C=O) groups excluding carboxylic acids is 2. The van der Waals surface area contributed by atoms with Crippen molar-refractivity contribution in [2.24, 2.45) is 0 Å². The molecule has 0 saturated carbocycles. The topological polar surface area (TPSA) is 175 Å². The van der Waals surface area contributed by atoms with E-state index in [4.69, 9.17) is 29.3 Å². The Balaban J connectivity index is 0.000000484. The lowest BCUT2D eigenvalue weighted by molar-refractivity contribution is -0.159. The summed E-state index contributed by atoms with van der Waals surface area (Å²) in [5, 5.41) is 26.7. The van der Waals surface area contributed by atoms with Gasteiger partial charge in [-0.1, -0.05) is 0 Å². The number of amides is 2. The largest absolute Gasteiger partial charge is 0.473 e. The van der Waals surface area contributed by atoms with E-state index < -0.39 is 23.1 Å². The molecule has 0 radical (unpaired) electrons. The summed E-state index contributed by atoms with van der Waals surface area (Å²) < 4.78 is 10.2. The van der Waals surface area contributed by atoms with Crippen molar-refractivity contribution in [3.05, 3.63) is 0 Å². The van der Waals surface area contributed by atoms with Gasteiger partial charge in [-0.05, 0) is 67.5 Å². The van der Waals surface area contributed by atoms with Crippen molar-refractivity contribution in [1.29, 1.82) is 0 Å². The molecule has 2 atom stereocenters. The quantitative estimate of drug-likeness (QED) is 0.323. The lowest BCUT2D eigenvalue weighted by atomic mass is 10.2. The van der Waals surface area contributed by atoms with Gasteiger partial charge in [0.2, 0.25) is 0 Å². The Kier molecular flexibility index (Phi) is 12.6. The van der Waals surface area contributed by atoms with Gasteiger partial charge in [0.05, 0.1) is 0 Å². The van der Waals surface area contributed by atoms with Crippen LogP contribution in [0.2, 0.25) is 0 Å². The second-order valence-electron chi connectivity index (χ2n) is 9.28. The number of hydrogen-bond donors (Lipinski definition) is 6. The summed E-state index contributed by atoms with van der Waals surface area (Å²) >= 11 is 0. The summed E-state index contributed by atoms with van der Waals surface area (Å²) in [5.74, 6) is -3.65. The van der Waals surface area contributed by atoms with Gasteiger partial charge in [0.25, 0.3) is 0 Å². The molecule has 32 heavy (non-hydrogen) atoms. The molecular weight excluding hydrogens is 424 g/mol. The fourth-order valence-corrected chi connectivity index (χ4v) is 2.50. The number of nitrogens with one attached hydrogen (secondary N) is 4. The molecule has 186 valence electrons. The zero-order valence-electron chi connectivity index (χ0n) is 19.7. The van der Waals surface area contributed by atoms with Crippen LogP contribution in [0.4, 0.5) is 9.59 Å². The predicted molar refractivity (Wildman–Crippen MR) is 117 cm³/mol. The molecule has 2 aliphatic rings. The molecule has 2 heterocycles. The Morgan fingerprint density at radius 1 is 0.719 bits per heavy atom. The van der Waals surface area contributed by atoms with E-state index in [1.165, 1.54) is 0 Å². The number of hydrogen-bond acceptors (Lipinski definition) is 8. The molecule has 12 nitrogen and oxygen atoms in total. The minimum atomic E-state index is -1.82. The lowest BCUT2D eigenvalue weighted by Crippen LogP contribution is -2.40. The first kappa shape index (κ1) is 29.4. The SMILES string of the molecule is CC(C)(C)OC(=O)N[C@H]1CCNC1.CC(C)(C)OC(=O)N[C@H]1CCNC1.O=C(O)C(=O)O. The van der Waals surface area contributed by atoms with Crippen molar-refractivity contribution >= 4 is 24.1 Å². The molecule has 2 amide bonds. The maximum Gasteiger partial charge on any atom is 0.414 e. The number of rotatable bonds is 2. The monoisotopic (exact) mass is 462 g/mol. The first-order chi connectivity index (χ1) is 14.6. The Hall–Kier alpha value is -2.60. The molecule has 2 rings (SSSR count). The van der Waals surface area contributed by atoms with Crippen molar-refractivity contribution in [1.82, 2.24) is 21.3 Å². The summed E-state index contributed by atoms with van der Waals surface area (Å²) in [6, 6.07) is 0.463. The zero-order chi connectivity index (χ0) is 24.9. The Morgan fingerprint density at radius 3 is 1.22 bits per heavy atom. The van der Waals surface area contributed by atoms with E-state index in [2.05, 4.69) is 21.3 Å². The standard InChI is InChI=1S/2C9H18N2O2.C2H2O4/c2*1-9(2,3)13-8(12)11-7-4-5-10-6-7;3-1(4)2(5)6/h2*7,10H,4-6H2,1-3H3,(H,11,12);(H,3,4)(H,5,6)/t2*7-;/m00./s1. The highest BCUT2D eigenvalue weighted by molar-refractivity contribution is 6.27. The second kappa shape index (κ2) is 13.7. The molecular formula is C20H38N4O8. The lowest BCUT2D eigenvalue weighted by Gasteiger charge is -2.21. The van der Waals surface area contributed by atoms with Gasteiger partial charge in [0.1, 0.15) is 11.2 Å². The highest BCUT2D eigenvalue weighted by Crippen LogP contribution is 2.08. The van der Waals surface area contributed by atoms with Gasteiger partial charge in [-0.3, -0.25) is 0 Å². The molecule has 0 spiro atoms. The van der Waals surface area contributed by atoms with Gasteiger partial charge in [0.15, 0.2) is 0 Å². The molecule has 2 aliphatic heterocycles. The van der Waals surface area contributed by atoms with Crippen molar-refractivity contribution < 1.29 is 38.9 Å². The molecule has 2 fully saturated rings. The summed E-state index contributed by atoms with van der Waals surface area (Å²) in [5.41, 5.74) is -0.813. The van der Waals surface area contributed by atoms with Gasteiger partial charge >= 0.3 is 24.1 Å². The normalized spacial score (nSPS) is 19.9. The third-order valence-corrected chi connectivity index (χ3v) is 3.75. The van der Waals surface area contributed by atoms with Crippen LogP contribution < -0.4 is 21.3 Å². The summed E-state index contributed by atoms with van der Waals surface area (Å²) in [7, 11) is 0. The van der Waals surface area contributed by atoms with E-state index in [9.17, 15) is 9.59 Å². The van der Waals surface area contributed by atoms with Gasteiger partial charge in [-0.2, -0.15) is 0 Å². The minimum absolute atomic E-state index is 0.231. The molecule has 6 N–H and O–H groups in total. The Bertz CT molecular complexity index is 562. The van der Waals surface area contributed by atoms with Crippen LogP contribution in [0.5, 0.6) is 0 Å². The predicted octanol–water partition coefficient (Wildman–Crippen LogP) is 0.902.